The monoisotopic (exact) mass is 295 g/mol. The number of carbonyl (C=O) groups is 1. The first-order chi connectivity index (χ1) is 10.6. The number of aromatic nitrogens is 2. The summed E-state index contributed by atoms with van der Waals surface area (Å²) >= 11 is 0. The van der Waals surface area contributed by atoms with Gasteiger partial charge >= 0.3 is 0 Å². The van der Waals surface area contributed by atoms with E-state index in [2.05, 4.69) is 29.8 Å². The second-order valence-corrected chi connectivity index (χ2v) is 5.85. The Morgan fingerprint density at radius 2 is 1.95 bits per heavy atom. The summed E-state index contributed by atoms with van der Waals surface area (Å²) in [6.45, 7) is 4.78. The summed E-state index contributed by atoms with van der Waals surface area (Å²) in [7, 11) is 1.98. The van der Waals surface area contributed by atoms with E-state index in [9.17, 15) is 4.79 Å². The molecule has 4 nitrogen and oxygen atoms in total. The third kappa shape index (κ3) is 2.52. The maximum absolute atomic E-state index is 12.6. The molecule has 0 saturated carbocycles. The highest BCUT2D eigenvalue weighted by molar-refractivity contribution is 6.07. The van der Waals surface area contributed by atoms with E-state index < -0.39 is 0 Å². The molecule has 0 unspecified atom stereocenters. The van der Waals surface area contributed by atoms with Crippen LogP contribution in [-0.2, 0) is 13.6 Å². The standard InChI is InChI=1S/C18H21N3O/c1-13(2)21-12-16(15-8-4-5-9-17(15)21)18(22)19-11-14-7-6-10-20(14)3/h4-10,12-13H,11H2,1-3H3,(H,19,22). The molecule has 0 atom stereocenters. The number of para-hydroxylation sites is 1. The lowest BCUT2D eigenvalue weighted by Crippen LogP contribution is -2.23. The van der Waals surface area contributed by atoms with Crippen molar-refractivity contribution in [3.63, 3.8) is 0 Å². The van der Waals surface area contributed by atoms with Crippen molar-refractivity contribution in [2.45, 2.75) is 26.4 Å². The molecule has 114 valence electrons. The van der Waals surface area contributed by atoms with Gasteiger partial charge in [0.15, 0.2) is 0 Å². The van der Waals surface area contributed by atoms with E-state index in [1.807, 2.05) is 54.3 Å². The van der Waals surface area contributed by atoms with E-state index in [1.165, 1.54) is 0 Å². The summed E-state index contributed by atoms with van der Waals surface area (Å²) in [5, 5.41) is 4.01. The van der Waals surface area contributed by atoms with Gasteiger partial charge in [0.25, 0.3) is 5.91 Å². The van der Waals surface area contributed by atoms with Crippen LogP contribution in [-0.4, -0.2) is 15.0 Å². The van der Waals surface area contributed by atoms with Gasteiger partial charge < -0.3 is 14.5 Å². The number of rotatable bonds is 4. The number of aryl methyl sites for hydroxylation is 1. The fourth-order valence-electron chi connectivity index (χ4n) is 2.76. The Hall–Kier alpha value is -2.49. The molecular formula is C18H21N3O. The first kappa shape index (κ1) is 14.4. The average Bonchev–Trinajstić information content (AvgIpc) is 3.08. The molecule has 22 heavy (non-hydrogen) atoms. The van der Waals surface area contributed by atoms with Crippen LogP contribution in [0.1, 0.15) is 35.9 Å². The minimum absolute atomic E-state index is 0.0307. The lowest BCUT2D eigenvalue weighted by atomic mass is 10.1. The summed E-state index contributed by atoms with van der Waals surface area (Å²) in [6, 6.07) is 12.4. The fraction of sp³-hybridized carbons (Fsp3) is 0.278. The highest BCUT2D eigenvalue weighted by Gasteiger charge is 2.16. The third-order valence-electron chi connectivity index (χ3n) is 4.02. The number of hydrogen-bond donors (Lipinski definition) is 1. The minimum atomic E-state index is -0.0307. The molecule has 2 aromatic heterocycles. The SMILES string of the molecule is CC(C)n1cc(C(=O)NCc2cccn2C)c2ccccc21. The Morgan fingerprint density at radius 3 is 2.64 bits per heavy atom. The number of fused-ring (bicyclic) bond motifs is 1. The summed E-state index contributed by atoms with van der Waals surface area (Å²) in [5.74, 6) is -0.0307. The van der Waals surface area contributed by atoms with Crippen LogP contribution in [0.2, 0.25) is 0 Å². The molecule has 0 bridgehead atoms. The lowest BCUT2D eigenvalue weighted by molar-refractivity contribution is 0.0951. The summed E-state index contributed by atoms with van der Waals surface area (Å²) in [5.41, 5.74) is 2.92. The molecule has 3 aromatic rings. The van der Waals surface area contributed by atoms with Crippen LogP contribution < -0.4 is 5.32 Å². The minimum Gasteiger partial charge on any atom is -0.353 e. The highest BCUT2D eigenvalue weighted by Crippen LogP contribution is 2.24. The zero-order chi connectivity index (χ0) is 15.7. The smallest absolute Gasteiger partial charge is 0.253 e. The van der Waals surface area contributed by atoms with Gasteiger partial charge in [-0.25, -0.2) is 0 Å². The lowest BCUT2D eigenvalue weighted by Gasteiger charge is -2.08. The molecule has 3 rings (SSSR count). The molecule has 1 N–H and O–H groups in total. The van der Waals surface area contributed by atoms with Gasteiger partial charge in [0.2, 0.25) is 0 Å². The van der Waals surface area contributed by atoms with E-state index in [0.717, 1.165) is 22.2 Å². The third-order valence-corrected chi connectivity index (χ3v) is 4.02. The Labute approximate surface area is 130 Å². The van der Waals surface area contributed by atoms with Gasteiger partial charge in [0.05, 0.1) is 12.1 Å². The highest BCUT2D eigenvalue weighted by atomic mass is 16.1. The van der Waals surface area contributed by atoms with Crippen molar-refractivity contribution in [1.29, 1.82) is 0 Å². The van der Waals surface area contributed by atoms with Crippen LogP contribution in [0.5, 0.6) is 0 Å². The second-order valence-electron chi connectivity index (χ2n) is 5.85. The molecule has 1 aromatic carbocycles. The summed E-state index contributed by atoms with van der Waals surface area (Å²) < 4.78 is 4.16. The second kappa shape index (κ2) is 5.72. The van der Waals surface area contributed by atoms with Gasteiger partial charge in [-0.15, -0.1) is 0 Å². The average molecular weight is 295 g/mol. The van der Waals surface area contributed by atoms with Gasteiger partial charge in [0.1, 0.15) is 0 Å². The van der Waals surface area contributed by atoms with Crippen LogP contribution in [0, 0.1) is 0 Å². The zero-order valence-corrected chi connectivity index (χ0v) is 13.2. The normalized spacial score (nSPS) is 11.3. The van der Waals surface area contributed by atoms with Gasteiger partial charge in [-0.3, -0.25) is 4.79 Å². The largest absolute Gasteiger partial charge is 0.353 e. The van der Waals surface area contributed by atoms with Crippen LogP contribution in [0.4, 0.5) is 0 Å². The fourth-order valence-corrected chi connectivity index (χ4v) is 2.76. The van der Waals surface area contributed by atoms with E-state index in [-0.39, 0.29) is 5.91 Å². The molecular weight excluding hydrogens is 274 g/mol. The van der Waals surface area contributed by atoms with Crippen LogP contribution in [0.25, 0.3) is 10.9 Å². The van der Waals surface area contributed by atoms with Crippen molar-refractivity contribution in [1.82, 2.24) is 14.5 Å². The first-order valence-corrected chi connectivity index (χ1v) is 7.56. The maximum Gasteiger partial charge on any atom is 0.253 e. The Kier molecular flexibility index (Phi) is 3.75. The van der Waals surface area contributed by atoms with Crippen molar-refractivity contribution in [3.05, 3.63) is 60.0 Å². The van der Waals surface area contributed by atoms with Gasteiger partial charge in [-0.1, -0.05) is 18.2 Å². The van der Waals surface area contributed by atoms with E-state index in [1.54, 1.807) is 0 Å². The number of nitrogens with one attached hydrogen (secondary N) is 1. The number of hydrogen-bond acceptors (Lipinski definition) is 1. The quantitative estimate of drug-likeness (QED) is 0.786. The molecule has 0 spiro atoms. The Morgan fingerprint density at radius 1 is 1.18 bits per heavy atom. The van der Waals surface area contributed by atoms with Crippen molar-refractivity contribution in [2.75, 3.05) is 0 Å². The number of nitrogens with zero attached hydrogens (tertiary/aromatic N) is 2. The molecule has 4 heteroatoms. The van der Waals surface area contributed by atoms with E-state index >= 15 is 0 Å². The van der Waals surface area contributed by atoms with Crippen molar-refractivity contribution >= 4 is 16.8 Å². The summed E-state index contributed by atoms with van der Waals surface area (Å²) in [6.07, 6.45) is 3.93. The van der Waals surface area contributed by atoms with Crippen molar-refractivity contribution < 1.29 is 4.79 Å². The van der Waals surface area contributed by atoms with E-state index in [0.29, 0.717) is 12.6 Å². The molecule has 2 heterocycles. The van der Waals surface area contributed by atoms with Crippen LogP contribution >= 0.6 is 0 Å². The number of amides is 1. The van der Waals surface area contributed by atoms with Gasteiger partial charge in [0, 0.05) is 42.1 Å². The molecule has 0 radical (unpaired) electrons. The molecule has 0 aliphatic rings. The van der Waals surface area contributed by atoms with Crippen molar-refractivity contribution in [3.8, 4) is 0 Å². The molecule has 0 saturated heterocycles. The molecule has 0 aliphatic heterocycles. The van der Waals surface area contributed by atoms with E-state index in [4.69, 9.17) is 0 Å². The Balaban J connectivity index is 1.89. The first-order valence-electron chi connectivity index (χ1n) is 7.56. The van der Waals surface area contributed by atoms with Gasteiger partial charge in [-0.2, -0.15) is 0 Å². The topological polar surface area (TPSA) is 39.0 Å². The van der Waals surface area contributed by atoms with Crippen LogP contribution in [0.3, 0.4) is 0 Å². The molecule has 0 fully saturated rings. The Bertz CT molecular complexity index is 811. The zero-order valence-electron chi connectivity index (χ0n) is 13.2. The number of benzene rings is 1. The van der Waals surface area contributed by atoms with Crippen molar-refractivity contribution in [2.24, 2.45) is 7.05 Å². The summed E-state index contributed by atoms with van der Waals surface area (Å²) in [4.78, 5) is 12.6. The van der Waals surface area contributed by atoms with Gasteiger partial charge in [-0.05, 0) is 32.0 Å². The maximum atomic E-state index is 12.6. The molecule has 1 amide bonds. The number of carbonyl (C=O) groups excluding carboxylic acids is 1. The van der Waals surface area contributed by atoms with Crippen LogP contribution in [0.15, 0.2) is 48.8 Å². The molecule has 0 aliphatic carbocycles. The predicted molar refractivity (Wildman–Crippen MR) is 88.9 cm³/mol. The predicted octanol–water partition coefficient (Wildman–Crippen LogP) is 3.49.